The molecule has 3 rings (SSSR count). The van der Waals surface area contributed by atoms with E-state index in [2.05, 4.69) is 9.97 Å². The first-order valence-corrected chi connectivity index (χ1v) is 7.53. The van der Waals surface area contributed by atoms with Gasteiger partial charge in [0.2, 0.25) is 5.91 Å². The molecule has 114 valence electrons. The van der Waals surface area contributed by atoms with Crippen molar-refractivity contribution >= 4 is 17.5 Å². The third-order valence-electron chi connectivity index (χ3n) is 3.60. The Labute approximate surface area is 133 Å². The number of pyridine rings is 2. The normalized spacial score (nSPS) is 17.5. The van der Waals surface area contributed by atoms with Gasteiger partial charge in [-0.25, -0.2) is 0 Å². The van der Waals surface area contributed by atoms with Crippen molar-refractivity contribution in [2.45, 2.75) is 18.9 Å². The molecule has 1 fully saturated rings. The molecule has 0 bridgehead atoms. The molecule has 0 saturated carbocycles. The average Bonchev–Trinajstić information content (AvgIpc) is 2.99. The Morgan fingerprint density at radius 1 is 1.32 bits per heavy atom. The zero-order chi connectivity index (χ0) is 15.4. The minimum Gasteiger partial charge on any atom is -0.487 e. The lowest BCUT2D eigenvalue weighted by Crippen LogP contribution is -2.32. The Bertz CT molecular complexity index is 651. The molecule has 0 aliphatic carbocycles. The molecule has 1 amide bonds. The smallest absolute Gasteiger partial charge is 0.227 e. The molecule has 5 nitrogen and oxygen atoms in total. The van der Waals surface area contributed by atoms with Crippen LogP contribution >= 0.6 is 11.6 Å². The molecule has 0 aromatic carbocycles. The van der Waals surface area contributed by atoms with Gasteiger partial charge in [-0.15, -0.1) is 0 Å². The van der Waals surface area contributed by atoms with Crippen molar-refractivity contribution < 1.29 is 9.53 Å². The van der Waals surface area contributed by atoms with E-state index in [-0.39, 0.29) is 12.0 Å². The monoisotopic (exact) mass is 317 g/mol. The van der Waals surface area contributed by atoms with Crippen molar-refractivity contribution in [1.82, 2.24) is 14.9 Å². The lowest BCUT2D eigenvalue weighted by atomic mass is 10.2. The summed E-state index contributed by atoms with van der Waals surface area (Å²) in [6, 6.07) is 5.48. The topological polar surface area (TPSA) is 55.3 Å². The predicted octanol–water partition coefficient (Wildman–Crippen LogP) is 2.35. The first-order chi connectivity index (χ1) is 10.7. The third-order valence-corrected chi connectivity index (χ3v) is 3.89. The summed E-state index contributed by atoms with van der Waals surface area (Å²) in [5.74, 6) is 0.711. The number of rotatable bonds is 4. The number of carbonyl (C=O) groups is 1. The predicted molar refractivity (Wildman–Crippen MR) is 82.8 cm³/mol. The largest absolute Gasteiger partial charge is 0.487 e. The minimum absolute atomic E-state index is 0.0299. The number of amides is 1. The Balaban J connectivity index is 1.56. The lowest BCUT2D eigenvalue weighted by Gasteiger charge is -2.17. The van der Waals surface area contributed by atoms with Crippen molar-refractivity contribution in [3.05, 3.63) is 53.6 Å². The summed E-state index contributed by atoms with van der Waals surface area (Å²) in [5.41, 5.74) is 0.925. The van der Waals surface area contributed by atoms with Crippen LogP contribution in [0.25, 0.3) is 0 Å². The highest BCUT2D eigenvalue weighted by Crippen LogP contribution is 2.25. The highest BCUT2D eigenvalue weighted by molar-refractivity contribution is 6.31. The Kier molecular flexibility index (Phi) is 4.53. The molecule has 22 heavy (non-hydrogen) atoms. The fourth-order valence-corrected chi connectivity index (χ4v) is 2.64. The van der Waals surface area contributed by atoms with Gasteiger partial charge in [0.05, 0.1) is 13.0 Å². The van der Waals surface area contributed by atoms with Gasteiger partial charge in [0.25, 0.3) is 0 Å². The molecule has 1 aliphatic heterocycles. The second-order valence-electron chi connectivity index (χ2n) is 5.21. The molecule has 1 atom stereocenters. The number of carbonyl (C=O) groups excluding carboxylic acids is 1. The van der Waals surface area contributed by atoms with Crippen molar-refractivity contribution in [1.29, 1.82) is 0 Å². The van der Waals surface area contributed by atoms with Crippen molar-refractivity contribution in [3.8, 4) is 5.75 Å². The van der Waals surface area contributed by atoms with E-state index in [1.165, 1.54) is 0 Å². The number of hydrogen-bond acceptors (Lipinski definition) is 4. The summed E-state index contributed by atoms with van der Waals surface area (Å²) >= 11 is 6.03. The quantitative estimate of drug-likeness (QED) is 0.868. The number of nitrogens with zero attached hydrogens (tertiary/aromatic N) is 3. The van der Waals surface area contributed by atoms with Gasteiger partial charge in [0.1, 0.15) is 16.9 Å². The van der Waals surface area contributed by atoms with Gasteiger partial charge in [-0.1, -0.05) is 17.7 Å². The molecule has 2 aromatic heterocycles. The van der Waals surface area contributed by atoms with Crippen LogP contribution in [0, 0.1) is 0 Å². The minimum atomic E-state index is -0.0299. The van der Waals surface area contributed by atoms with E-state index in [1.807, 2.05) is 17.0 Å². The second kappa shape index (κ2) is 6.75. The summed E-state index contributed by atoms with van der Waals surface area (Å²) in [7, 11) is 0. The number of ether oxygens (including phenoxy) is 1. The molecule has 1 saturated heterocycles. The summed E-state index contributed by atoms with van der Waals surface area (Å²) in [6.07, 6.45) is 7.76. The van der Waals surface area contributed by atoms with Crippen LogP contribution in [0.4, 0.5) is 0 Å². The van der Waals surface area contributed by atoms with E-state index in [9.17, 15) is 4.79 Å². The maximum absolute atomic E-state index is 12.3. The van der Waals surface area contributed by atoms with E-state index in [0.29, 0.717) is 30.3 Å². The fourth-order valence-electron chi connectivity index (χ4n) is 2.48. The maximum Gasteiger partial charge on any atom is 0.227 e. The van der Waals surface area contributed by atoms with Gasteiger partial charge in [0.15, 0.2) is 0 Å². The molecule has 0 spiro atoms. The van der Waals surface area contributed by atoms with Crippen LogP contribution in [0.3, 0.4) is 0 Å². The van der Waals surface area contributed by atoms with Gasteiger partial charge >= 0.3 is 0 Å². The number of aromatic nitrogens is 2. The number of halogens is 1. The van der Waals surface area contributed by atoms with Crippen LogP contribution in [0.15, 0.2) is 43.0 Å². The molecule has 0 radical (unpaired) electrons. The Morgan fingerprint density at radius 3 is 2.95 bits per heavy atom. The van der Waals surface area contributed by atoms with Crippen LogP contribution in [-0.2, 0) is 11.2 Å². The van der Waals surface area contributed by atoms with Gasteiger partial charge in [-0.2, -0.15) is 0 Å². The molecular weight excluding hydrogens is 302 g/mol. The molecule has 0 N–H and O–H groups in total. The van der Waals surface area contributed by atoms with Crippen LogP contribution in [0.2, 0.25) is 5.02 Å². The van der Waals surface area contributed by atoms with Crippen LogP contribution in [-0.4, -0.2) is 40.0 Å². The summed E-state index contributed by atoms with van der Waals surface area (Å²) in [5, 5.41) is 0.489. The highest BCUT2D eigenvalue weighted by Gasteiger charge is 2.27. The molecule has 6 heteroatoms. The summed E-state index contributed by atoms with van der Waals surface area (Å²) < 4.78 is 5.86. The highest BCUT2D eigenvalue weighted by atomic mass is 35.5. The summed E-state index contributed by atoms with van der Waals surface area (Å²) in [6.45, 7) is 1.28. The SMILES string of the molecule is O=C(Cc1cccnc1)N1CC[C@H](Oc2ccncc2Cl)C1. The fraction of sp³-hybridized carbons (Fsp3) is 0.312. The maximum atomic E-state index is 12.3. The lowest BCUT2D eigenvalue weighted by molar-refractivity contribution is -0.129. The number of hydrogen-bond donors (Lipinski definition) is 0. The van der Waals surface area contributed by atoms with E-state index in [4.69, 9.17) is 16.3 Å². The van der Waals surface area contributed by atoms with Gasteiger partial charge in [-0.05, 0) is 11.6 Å². The van der Waals surface area contributed by atoms with E-state index in [1.54, 1.807) is 30.9 Å². The van der Waals surface area contributed by atoms with Crippen molar-refractivity contribution in [2.24, 2.45) is 0 Å². The second-order valence-corrected chi connectivity index (χ2v) is 5.62. The molecule has 3 heterocycles. The van der Waals surface area contributed by atoms with Crippen LogP contribution in [0.1, 0.15) is 12.0 Å². The van der Waals surface area contributed by atoms with Crippen molar-refractivity contribution in [3.63, 3.8) is 0 Å². The molecule has 2 aromatic rings. The average molecular weight is 318 g/mol. The van der Waals surface area contributed by atoms with Crippen LogP contribution < -0.4 is 4.74 Å². The summed E-state index contributed by atoms with van der Waals surface area (Å²) in [4.78, 5) is 22.1. The zero-order valence-electron chi connectivity index (χ0n) is 12.0. The van der Waals surface area contributed by atoms with Gasteiger partial charge < -0.3 is 9.64 Å². The molecule has 0 unspecified atom stereocenters. The van der Waals surface area contributed by atoms with E-state index >= 15 is 0 Å². The number of likely N-dealkylation sites (tertiary alicyclic amines) is 1. The van der Waals surface area contributed by atoms with E-state index < -0.39 is 0 Å². The Morgan fingerprint density at radius 2 is 2.18 bits per heavy atom. The first-order valence-electron chi connectivity index (χ1n) is 7.15. The van der Waals surface area contributed by atoms with E-state index in [0.717, 1.165) is 12.0 Å². The zero-order valence-corrected chi connectivity index (χ0v) is 12.7. The Hall–Kier alpha value is -2.14. The third kappa shape index (κ3) is 3.54. The van der Waals surface area contributed by atoms with Gasteiger partial charge in [-0.3, -0.25) is 14.8 Å². The van der Waals surface area contributed by atoms with Gasteiger partial charge in [0, 0.05) is 43.8 Å². The standard InChI is InChI=1S/C16H16ClN3O2/c17-14-10-19-6-3-15(14)22-13-4-7-20(11-13)16(21)8-12-2-1-5-18-9-12/h1-3,5-6,9-10,13H,4,7-8,11H2/t13-/m0/s1. The van der Waals surface area contributed by atoms with Crippen molar-refractivity contribution in [2.75, 3.05) is 13.1 Å². The molecular formula is C16H16ClN3O2. The first kappa shape index (κ1) is 14.8. The van der Waals surface area contributed by atoms with Crippen LogP contribution in [0.5, 0.6) is 5.75 Å². The molecule has 1 aliphatic rings.